The number of pyridine rings is 1. The van der Waals surface area contributed by atoms with Gasteiger partial charge in [-0.2, -0.15) is 0 Å². The van der Waals surface area contributed by atoms with Crippen molar-refractivity contribution >= 4 is 34.0 Å². The molecule has 5 heteroatoms. The first-order valence-electron chi connectivity index (χ1n) is 7.60. The Kier molecular flexibility index (Phi) is 4.32. The summed E-state index contributed by atoms with van der Waals surface area (Å²) < 4.78 is 0. The van der Waals surface area contributed by atoms with Crippen LogP contribution in [0.4, 0.5) is 5.69 Å². The molecule has 1 aliphatic heterocycles. The zero-order valence-electron chi connectivity index (χ0n) is 12.9. The van der Waals surface area contributed by atoms with E-state index in [2.05, 4.69) is 20.9 Å². The van der Waals surface area contributed by atoms with Gasteiger partial charge in [0, 0.05) is 48.5 Å². The molecule has 4 nitrogen and oxygen atoms in total. The van der Waals surface area contributed by atoms with Crippen LogP contribution in [0.5, 0.6) is 0 Å². The van der Waals surface area contributed by atoms with Crippen molar-refractivity contribution in [1.29, 1.82) is 0 Å². The third-order valence-electron chi connectivity index (χ3n) is 4.47. The molecule has 1 fully saturated rings. The normalized spacial score (nSPS) is 17.7. The first-order valence-corrected chi connectivity index (χ1v) is 7.98. The first kappa shape index (κ1) is 15.3. The Morgan fingerprint density at radius 3 is 2.64 bits per heavy atom. The van der Waals surface area contributed by atoms with Crippen LogP contribution in [0.1, 0.15) is 13.8 Å². The molecular weight excluding hydrogens is 298 g/mol. The van der Waals surface area contributed by atoms with Gasteiger partial charge in [0.2, 0.25) is 0 Å². The van der Waals surface area contributed by atoms with Gasteiger partial charge in [-0.1, -0.05) is 11.6 Å². The molecule has 0 aliphatic carbocycles. The first-order chi connectivity index (χ1) is 10.6. The van der Waals surface area contributed by atoms with Crippen molar-refractivity contribution in [3.05, 3.63) is 35.5 Å². The lowest BCUT2D eigenvalue weighted by atomic mass is 10.1. The third-order valence-corrected chi connectivity index (χ3v) is 4.71. The minimum atomic E-state index is 0.00939. The Hall–Kier alpha value is -1.65. The third kappa shape index (κ3) is 2.94. The molecule has 22 heavy (non-hydrogen) atoms. The van der Waals surface area contributed by atoms with Gasteiger partial charge in [-0.05, 0) is 38.1 Å². The lowest BCUT2D eigenvalue weighted by molar-refractivity contribution is -0.121. The van der Waals surface area contributed by atoms with Crippen molar-refractivity contribution in [2.75, 3.05) is 31.1 Å². The topological polar surface area (TPSA) is 36.4 Å². The van der Waals surface area contributed by atoms with Crippen molar-refractivity contribution in [2.24, 2.45) is 0 Å². The van der Waals surface area contributed by atoms with E-state index in [1.807, 2.05) is 31.3 Å². The number of carbonyl (C=O) groups is 1. The van der Waals surface area contributed by atoms with Crippen LogP contribution in [0.25, 0.3) is 10.9 Å². The van der Waals surface area contributed by atoms with Crippen molar-refractivity contribution < 1.29 is 4.79 Å². The molecule has 116 valence electrons. The number of halogens is 1. The fourth-order valence-electron chi connectivity index (χ4n) is 2.99. The van der Waals surface area contributed by atoms with E-state index in [0.29, 0.717) is 5.02 Å². The second-order valence-corrected chi connectivity index (χ2v) is 6.24. The van der Waals surface area contributed by atoms with Gasteiger partial charge in [-0.3, -0.25) is 14.7 Å². The second-order valence-electron chi connectivity index (χ2n) is 5.80. The van der Waals surface area contributed by atoms with Crippen molar-refractivity contribution in [3.63, 3.8) is 0 Å². The monoisotopic (exact) mass is 317 g/mol. The highest BCUT2D eigenvalue weighted by atomic mass is 35.5. The van der Waals surface area contributed by atoms with E-state index in [-0.39, 0.29) is 11.8 Å². The number of hydrogen-bond donors (Lipinski definition) is 0. The average molecular weight is 318 g/mol. The minimum Gasteiger partial charge on any atom is -0.368 e. The van der Waals surface area contributed by atoms with Gasteiger partial charge < -0.3 is 4.90 Å². The largest absolute Gasteiger partial charge is 0.368 e. The van der Waals surface area contributed by atoms with Crippen LogP contribution in [0.15, 0.2) is 30.5 Å². The summed E-state index contributed by atoms with van der Waals surface area (Å²) in [6, 6.07) is 7.90. The zero-order valence-corrected chi connectivity index (χ0v) is 13.7. The highest BCUT2D eigenvalue weighted by Gasteiger charge is 2.24. The lowest BCUT2D eigenvalue weighted by Crippen LogP contribution is -2.51. The SMILES string of the molecule is CC(=O)C(C)N1CCN(c2ccnc3cc(Cl)ccc23)CC1. The fourth-order valence-corrected chi connectivity index (χ4v) is 3.16. The number of piperazine rings is 1. The summed E-state index contributed by atoms with van der Waals surface area (Å²) in [5.74, 6) is 0.234. The van der Waals surface area contributed by atoms with Crippen LogP contribution in [0.2, 0.25) is 5.02 Å². The van der Waals surface area contributed by atoms with E-state index in [9.17, 15) is 4.79 Å². The second kappa shape index (κ2) is 6.23. The molecule has 0 saturated carbocycles. The van der Waals surface area contributed by atoms with E-state index >= 15 is 0 Å². The number of anilines is 1. The maximum Gasteiger partial charge on any atom is 0.146 e. The fraction of sp³-hybridized carbons (Fsp3) is 0.412. The summed E-state index contributed by atoms with van der Waals surface area (Å²) in [4.78, 5) is 20.5. The number of ketones is 1. The Balaban J connectivity index is 1.81. The van der Waals surface area contributed by atoms with E-state index in [0.717, 1.165) is 37.1 Å². The predicted octanol–water partition coefficient (Wildman–Crippen LogP) is 2.99. The molecular formula is C17H20ClN3O. The average Bonchev–Trinajstić information content (AvgIpc) is 2.53. The number of nitrogens with zero attached hydrogens (tertiary/aromatic N) is 3. The molecule has 2 heterocycles. The number of hydrogen-bond acceptors (Lipinski definition) is 4. The van der Waals surface area contributed by atoms with Crippen LogP contribution >= 0.6 is 11.6 Å². The summed E-state index contributed by atoms with van der Waals surface area (Å²) in [5.41, 5.74) is 2.11. The van der Waals surface area contributed by atoms with Gasteiger partial charge in [0.1, 0.15) is 5.78 Å². The molecule has 1 aromatic heterocycles. The minimum absolute atomic E-state index is 0.00939. The number of rotatable bonds is 3. The summed E-state index contributed by atoms with van der Waals surface area (Å²) in [6.07, 6.45) is 1.83. The van der Waals surface area contributed by atoms with Crippen molar-refractivity contribution in [3.8, 4) is 0 Å². The Labute approximate surface area is 135 Å². The molecule has 2 aromatic rings. The number of fused-ring (bicyclic) bond motifs is 1. The summed E-state index contributed by atoms with van der Waals surface area (Å²) in [5, 5.41) is 1.83. The van der Waals surface area contributed by atoms with Gasteiger partial charge in [0.05, 0.1) is 11.6 Å². The number of carbonyl (C=O) groups excluding carboxylic acids is 1. The van der Waals surface area contributed by atoms with Crippen LogP contribution in [-0.2, 0) is 4.79 Å². The molecule has 0 radical (unpaired) electrons. The van der Waals surface area contributed by atoms with Gasteiger partial charge in [-0.15, -0.1) is 0 Å². The zero-order chi connectivity index (χ0) is 15.7. The Morgan fingerprint density at radius 1 is 1.23 bits per heavy atom. The number of aromatic nitrogens is 1. The summed E-state index contributed by atoms with van der Waals surface area (Å²) in [6.45, 7) is 7.29. The molecule has 1 aliphatic rings. The quantitative estimate of drug-likeness (QED) is 0.872. The Morgan fingerprint density at radius 2 is 1.95 bits per heavy atom. The smallest absolute Gasteiger partial charge is 0.146 e. The lowest BCUT2D eigenvalue weighted by Gasteiger charge is -2.38. The molecule has 1 saturated heterocycles. The summed E-state index contributed by atoms with van der Waals surface area (Å²) in [7, 11) is 0. The van der Waals surface area contributed by atoms with E-state index in [1.165, 1.54) is 5.69 Å². The van der Waals surface area contributed by atoms with Crippen LogP contribution in [0, 0.1) is 0 Å². The molecule has 1 atom stereocenters. The molecule has 0 spiro atoms. The molecule has 0 bridgehead atoms. The molecule has 0 N–H and O–H groups in total. The summed E-state index contributed by atoms with van der Waals surface area (Å²) >= 11 is 6.05. The highest BCUT2D eigenvalue weighted by molar-refractivity contribution is 6.31. The van der Waals surface area contributed by atoms with Crippen LogP contribution in [-0.4, -0.2) is 47.9 Å². The van der Waals surface area contributed by atoms with Gasteiger partial charge in [0.15, 0.2) is 0 Å². The van der Waals surface area contributed by atoms with Gasteiger partial charge >= 0.3 is 0 Å². The predicted molar refractivity (Wildman–Crippen MR) is 90.7 cm³/mol. The molecule has 3 rings (SSSR count). The Bertz CT molecular complexity index is 695. The van der Waals surface area contributed by atoms with Gasteiger partial charge in [0.25, 0.3) is 0 Å². The standard InChI is InChI=1S/C17H20ClN3O/c1-12(13(2)22)20-7-9-21(10-8-20)17-5-6-19-16-11-14(18)3-4-15(16)17/h3-6,11-12H,7-10H2,1-2H3. The number of benzene rings is 1. The van der Waals surface area contributed by atoms with E-state index in [1.54, 1.807) is 6.92 Å². The van der Waals surface area contributed by atoms with E-state index in [4.69, 9.17) is 11.6 Å². The van der Waals surface area contributed by atoms with Gasteiger partial charge in [-0.25, -0.2) is 0 Å². The molecule has 1 unspecified atom stereocenters. The van der Waals surface area contributed by atoms with Crippen molar-refractivity contribution in [1.82, 2.24) is 9.88 Å². The maximum atomic E-state index is 11.5. The highest BCUT2D eigenvalue weighted by Crippen LogP contribution is 2.28. The molecule has 1 aromatic carbocycles. The van der Waals surface area contributed by atoms with Crippen LogP contribution in [0.3, 0.4) is 0 Å². The van der Waals surface area contributed by atoms with Crippen molar-refractivity contribution in [2.45, 2.75) is 19.9 Å². The molecule has 0 amide bonds. The maximum absolute atomic E-state index is 11.5. The van der Waals surface area contributed by atoms with E-state index < -0.39 is 0 Å². The van der Waals surface area contributed by atoms with Crippen LogP contribution < -0.4 is 4.90 Å². The number of Topliss-reactive ketones (excluding diaryl/α,β-unsaturated/α-hetero) is 1.